The van der Waals surface area contributed by atoms with Crippen LogP contribution in [0, 0.1) is 0 Å². The number of amides is 1. The maximum atomic E-state index is 13.2. The molecule has 2 aromatic carbocycles. The highest BCUT2D eigenvalue weighted by molar-refractivity contribution is 7.21. The van der Waals surface area contributed by atoms with E-state index >= 15 is 0 Å². The van der Waals surface area contributed by atoms with Gasteiger partial charge in [0, 0.05) is 22.7 Å². The zero-order chi connectivity index (χ0) is 22.4. The minimum absolute atomic E-state index is 0.216. The SMILES string of the molecule is Nc1c(C(=O)Nc2cccc3ncccc23)sc2nc3c(cc12)CC(c1ccccc1)CC3. The van der Waals surface area contributed by atoms with Crippen LogP contribution in [0.1, 0.15) is 38.8 Å². The summed E-state index contributed by atoms with van der Waals surface area (Å²) in [5.74, 6) is 0.271. The zero-order valence-corrected chi connectivity index (χ0v) is 18.7. The lowest BCUT2D eigenvalue weighted by molar-refractivity contribution is 0.103. The van der Waals surface area contributed by atoms with E-state index in [1.807, 2.05) is 30.3 Å². The molecule has 1 aliphatic carbocycles. The summed E-state index contributed by atoms with van der Waals surface area (Å²) in [5.41, 5.74) is 12.3. The third kappa shape index (κ3) is 3.52. The van der Waals surface area contributed by atoms with Crippen LogP contribution in [0.15, 0.2) is 72.9 Å². The van der Waals surface area contributed by atoms with Crippen molar-refractivity contribution in [1.29, 1.82) is 0 Å². The molecule has 0 saturated carbocycles. The minimum Gasteiger partial charge on any atom is -0.397 e. The number of anilines is 2. The summed E-state index contributed by atoms with van der Waals surface area (Å²) in [6, 6.07) is 22.3. The first-order chi connectivity index (χ1) is 16.2. The maximum Gasteiger partial charge on any atom is 0.267 e. The van der Waals surface area contributed by atoms with Crippen molar-refractivity contribution in [3.8, 4) is 0 Å². The van der Waals surface area contributed by atoms with Crippen molar-refractivity contribution in [3.05, 3.63) is 94.6 Å². The van der Waals surface area contributed by atoms with Crippen LogP contribution >= 0.6 is 11.3 Å². The van der Waals surface area contributed by atoms with Crippen molar-refractivity contribution >= 4 is 49.7 Å². The number of rotatable bonds is 3. The molecule has 6 rings (SSSR count). The summed E-state index contributed by atoms with van der Waals surface area (Å²) in [7, 11) is 0. The maximum absolute atomic E-state index is 13.2. The number of carbonyl (C=O) groups is 1. The Morgan fingerprint density at radius 2 is 1.91 bits per heavy atom. The van der Waals surface area contributed by atoms with E-state index in [1.165, 1.54) is 22.5 Å². The van der Waals surface area contributed by atoms with E-state index in [0.717, 1.165) is 51.8 Å². The Morgan fingerprint density at radius 1 is 1.03 bits per heavy atom. The van der Waals surface area contributed by atoms with Crippen molar-refractivity contribution in [2.45, 2.75) is 25.2 Å². The van der Waals surface area contributed by atoms with E-state index < -0.39 is 0 Å². The Morgan fingerprint density at radius 3 is 2.79 bits per heavy atom. The molecule has 0 fully saturated rings. The van der Waals surface area contributed by atoms with Crippen LogP contribution in [0.4, 0.5) is 11.4 Å². The van der Waals surface area contributed by atoms with Gasteiger partial charge in [0.25, 0.3) is 5.91 Å². The Hall–Kier alpha value is -3.77. The Bertz CT molecular complexity index is 1500. The van der Waals surface area contributed by atoms with Crippen LogP contribution in [0.3, 0.4) is 0 Å². The second-order valence-electron chi connectivity index (χ2n) is 8.47. The van der Waals surface area contributed by atoms with Crippen molar-refractivity contribution in [3.63, 3.8) is 0 Å². The molecule has 1 atom stereocenters. The molecular formula is C27H22N4OS. The summed E-state index contributed by atoms with van der Waals surface area (Å²) in [5, 5.41) is 4.79. The van der Waals surface area contributed by atoms with Crippen LogP contribution in [-0.2, 0) is 12.8 Å². The molecule has 3 heterocycles. The van der Waals surface area contributed by atoms with E-state index in [9.17, 15) is 4.79 Å². The highest BCUT2D eigenvalue weighted by Gasteiger charge is 2.24. The number of pyridine rings is 2. The van der Waals surface area contributed by atoms with Gasteiger partial charge in [-0.2, -0.15) is 0 Å². The van der Waals surface area contributed by atoms with Crippen LogP contribution in [0.2, 0.25) is 0 Å². The number of nitrogen functional groups attached to an aromatic ring is 1. The number of nitrogens with zero attached hydrogens (tertiary/aromatic N) is 2. The average Bonchev–Trinajstić information content (AvgIpc) is 3.18. The van der Waals surface area contributed by atoms with Crippen molar-refractivity contribution in [2.75, 3.05) is 11.1 Å². The molecule has 6 heteroatoms. The first kappa shape index (κ1) is 19.9. The Balaban J connectivity index is 1.33. The molecule has 1 amide bonds. The highest BCUT2D eigenvalue weighted by Crippen LogP contribution is 2.38. The first-order valence-electron chi connectivity index (χ1n) is 11.1. The number of hydrogen-bond donors (Lipinski definition) is 2. The van der Waals surface area contributed by atoms with Gasteiger partial charge in [0.1, 0.15) is 9.71 Å². The van der Waals surface area contributed by atoms with Crippen LogP contribution in [0.25, 0.3) is 21.1 Å². The van der Waals surface area contributed by atoms with Gasteiger partial charge in [-0.05, 0) is 66.6 Å². The van der Waals surface area contributed by atoms with Gasteiger partial charge in [-0.25, -0.2) is 4.98 Å². The van der Waals surface area contributed by atoms with Crippen LogP contribution in [0.5, 0.6) is 0 Å². The molecule has 33 heavy (non-hydrogen) atoms. The quantitative estimate of drug-likeness (QED) is 0.356. The summed E-state index contributed by atoms with van der Waals surface area (Å²) >= 11 is 1.36. The van der Waals surface area contributed by atoms with Crippen molar-refractivity contribution in [1.82, 2.24) is 9.97 Å². The van der Waals surface area contributed by atoms with Gasteiger partial charge in [-0.15, -0.1) is 11.3 Å². The standard InChI is InChI=1S/C27H22N4OS/c28-24-20-15-18-14-17(16-6-2-1-3-7-16)11-12-21(18)31-27(20)33-25(24)26(32)30-23-10-4-9-22-19(23)8-5-13-29-22/h1-10,13,15,17H,11-12,14,28H2,(H,30,32). The number of thiophene rings is 1. The largest absolute Gasteiger partial charge is 0.397 e. The predicted molar refractivity (Wildman–Crippen MR) is 135 cm³/mol. The number of benzene rings is 2. The van der Waals surface area contributed by atoms with Crippen molar-refractivity contribution in [2.24, 2.45) is 0 Å². The lowest BCUT2D eigenvalue weighted by Gasteiger charge is -2.24. The van der Waals surface area contributed by atoms with Gasteiger partial charge >= 0.3 is 0 Å². The van der Waals surface area contributed by atoms with Gasteiger partial charge in [0.15, 0.2) is 0 Å². The second-order valence-corrected chi connectivity index (χ2v) is 9.47. The molecular weight excluding hydrogens is 428 g/mol. The Kier molecular flexibility index (Phi) is 4.80. The van der Waals surface area contributed by atoms with Gasteiger partial charge < -0.3 is 11.1 Å². The van der Waals surface area contributed by atoms with Crippen molar-refractivity contribution < 1.29 is 4.79 Å². The second kappa shape index (κ2) is 7.98. The normalized spacial score (nSPS) is 15.5. The summed E-state index contributed by atoms with van der Waals surface area (Å²) in [6.45, 7) is 0. The van der Waals surface area contributed by atoms with Gasteiger partial charge in [0.05, 0.1) is 16.9 Å². The van der Waals surface area contributed by atoms with Gasteiger partial charge in [-0.3, -0.25) is 9.78 Å². The van der Waals surface area contributed by atoms with Gasteiger partial charge in [-0.1, -0.05) is 36.4 Å². The number of aryl methyl sites for hydroxylation is 1. The predicted octanol–water partition coefficient (Wildman–Crippen LogP) is 5.95. The number of aromatic nitrogens is 2. The molecule has 0 aliphatic heterocycles. The number of nitrogens with two attached hydrogens (primary N) is 1. The zero-order valence-electron chi connectivity index (χ0n) is 17.9. The molecule has 0 saturated heterocycles. The molecule has 1 aliphatic rings. The third-order valence-corrected chi connectivity index (χ3v) is 7.57. The van der Waals surface area contributed by atoms with E-state index in [1.54, 1.807) is 6.20 Å². The summed E-state index contributed by atoms with van der Waals surface area (Å²) < 4.78 is 0. The summed E-state index contributed by atoms with van der Waals surface area (Å²) in [4.78, 5) is 23.8. The third-order valence-electron chi connectivity index (χ3n) is 6.46. The molecule has 3 aromatic heterocycles. The molecule has 0 spiro atoms. The molecule has 162 valence electrons. The molecule has 0 bridgehead atoms. The number of hydrogen-bond acceptors (Lipinski definition) is 5. The lowest BCUT2D eigenvalue weighted by Crippen LogP contribution is -2.14. The molecule has 5 aromatic rings. The highest BCUT2D eigenvalue weighted by atomic mass is 32.1. The summed E-state index contributed by atoms with van der Waals surface area (Å²) in [6.07, 6.45) is 4.71. The van der Waals surface area contributed by atoms with E-state index in [2.05, 4.69) is 46.7 Å². The topological polar surface area (TPSA) is 80.9 Å². The molecule has 1 unspecified atom stereocenters. The smallest absolute Gasteiger partial charge is 0.267 e. The number of carbonyl (C=O) groups excluding carboxylic acids is 1. The van der Waals surface area contributed by atoms with Gasteiger partial charge in [0.2, 0.25) is 0 Å². The monoisotopic (exact) mass is 450 g/mol. The van der Waals surface area contributed by atoms with Crippen LogP contribution in [-0.4, -0.2) is 15.9 Å². The fourth-order valence-corrected chi connectivity index (χ4v) is 5.75. The Labute approximate surface area is 195 Å². The average molecular weight is 451 g/mol. The molecule has 5 nitrogen and oxygen atoms in total. The molecule has 0 radical (unpaired) electrons. The fourth-order valence-electron chi connectivity index (χ4n) is 4.76. The van der Waals surface area contributed by atoms with Crippen LogP contribution < -0.4 is 11.1 Å². The van der Waals surface area contributed by atoms with E-state index in [4.69, 9.17) is 10.7 Å². The lowest BCUT2D eigenvalue weighted by atomic mass is 9.82. The minimum atomic E-state index is -0.216. The van der Waals surface area contributed by atoms with E-state index in [0.29, 0.717) is 16.5 Å². The fraction of sp³-hybridized carbons (Fsp3) is 0.148. The number of nitrogens with one attached hydrogen (secondary N) is 1. The number of fused-ring (bicyclic) bond motifs is 3. The first-order valence-corrected chi connectivity index (χ1v) is 11.9. The molecule has 3 N–H and O–H groups in total. The van der Waals surface area contributed by atoms with E-state index in [-0.39, 0.29) is 5.91 Å².